The van der Waals surface area contributed by atoms with Gasteiger partial charge in [-0.15, -0.1) is 0 Å². The number of carbonyl (C=O) groups is 1. The first-order chi connectivity index (χ1) is 9.52. The number of nitro benzene ring substituents is 1. The topological polar surface area (TPSA) is 84.7 Å². The summed E-state index contributed by atoms with van der Waals surface area (Å²) in [5.74, 6) is -0.280. The molecule has 110 valence electrons. The number of para-hydroxylation sites is 1. The quantitative estimate of drug-likeness (QED) is 0.467. The van der Waals surface area contributed by atoms with E-state index in [1.54, 1.807) is 20.2 Å². The molecule has 1 rings (SSSR count). The summed E-state index contributed by atoms with van der Waals surface area (Å²) in [5.41, 5.74) is 0.392. The van der Waals surface area contributed by atoms with Gasteiger partial charge in [-0.2, -0.15) is 0 Å². The summed E-state index contributed by atoms with van der Waals surface area (Å²) in [6.07, 6.45) is 0. The standard InChI is InChI=1S/C13H19N3O4/c1-4-20-9-8-15(3)13(17)10-6-5-7-11(16(18)19)12(10)14-2/h5-7,14H,4,8-9H2,1-3H3. The number of nitrogens with zero attached hydrogens (tertiary/aromatic N) is 2. The molecular weight excluding hydrogens is 262 g/mol. The summed E-state index contributed by atoms with van der Waals surface area (Å²) in [5, 5.41) is 13.7. The minimum atomic E-state index is -0.511. The molecule has 7 nitrogen and oxygen atoms in total. The second kappa shape index (κ2) is 7.44. The third kappa shape index (κ3) is 3.67. The van der Waals surface area contributed by atoms with Gasteiger partial charge in [-0.1, -0.05) is 6.07 Å². The van der Waals surface area contributed by atoms with Gasteiger partial charge in [-0.3, -0.25) is 14.9 Å². The molecule has 0 bridgehead atoms. The number of likely N-dealkylation sites (N-methyl/N-ethyl adjacent to an activating group) is 1. The van der Waals surface area contributed by atoms with E-state index in [4.69, 9.17) is 4.74 Å². The summed E-state index contributed by atoms with van der Waals surface area (Å²) >= 11 is 0. The zero-order valence-corrected chi connectivity index (χ0v) is 11.9. The van der Waals surface area contributed by atoms with Crippen LogP contribution < -0.4 is 5.32 Å². The summed E-state index contributed by atoms with van der Waals surface area (Å²) in [6, 6.07) is 4.43. The maximum atomic E-state index is 12.3. The molecule has 7 heteroatoms. The lowest BCUT2D eigenvalue weighted by molar-refractivity contribution is -0.384. The summed E-state index contributed by atoms with van der Waals surface area (Å²) in [4.78, 5) is 24.2. The number of rotatable bonds is 7. The molecule has 0 fully saturated rings. The molecule has 1 amide bonds. The van der Waals surface area contributed by atoms with Crippen molar-refractivity contribution < 1.29 is 14.5 Å². The Kier molecular flexibility index (Phi) is 5.92. The first kappa shape index (κ1) is 15.9. The number of nitrogens with one attached hydrogen (secondary N) is 1. The highest BCUT2D eigenvalue weighted by molar-refractivity contribution is 6.01. The number of hydrogen-bond donors (Lipinski definition) is 1. The first-order valence-electron chi connectivity index (χ1n) is 6.31. The van der Waals surface area contributed by atoms with Crippen LogP contribution in [-0.4, -0.2) is 49.6 Å². The lowest BCUT2D eigenvalue weighted by atomic mass is 10.1. The molecule has 1 aromatic rings. The Bertz CT molecular complexity index is 491. The van der Waals surface area contributed by atoms with Crippen LogP contribution in [0.1, 0.15) is 17.3 Å². The molecule has 1 aromatic carbocycles. The van der Waals surface area contributed by atoms with Crippen LogP contribution >= 0.6 is 0 Å². The Hall–Kier alpha value is -2.15. The molecule has 0 atom stereocenters. The minimum absolute atomic E-state index is 0.114. The van der Waals surface area contributed by atoms with E-state index in [1.165, 1.54) is 17.0 Å². The van der Waals surface area contributed by atoms with Crippen molar-refractivity contribution in [2.75, 3.05) is 39.2 Å². The van der Waals surface area contributed by atoms with Crippen molar-refractivity contribution in [1.29, 1.82) is 0 Å². The number of hydrogen-bond acceptors (Lipinski definition) is 5. The van der Waals surface area contributed by atoms with Crippen molar-refractivity contribution in [2.45, 2.75) is 6.92 Å². The number of carbonyl (C=O) groups excluding carboxylic acids is 1. The van der Waals surface area contributed by atoms with Gasteiger partial charge < -0.3 is 15.0 Å². The van der Waals surface area contributed by atoms with Crippen LogP contribution in [0.2, 0.25) is 0 Å². The average Bonchev–Trinajstić information content (AvgIpc) is 2.45. The van der Waals surface area contributed by atoms with Crippen LogP contribution in [0.4, 0.5) is 11.4 Å². The van der Waals surface area contributed by atoms with Crippen LogP contribution in [-0.2, 0) is 4.74 Å². The van der Waals surface area contributed by atoms with E-state index in [1.807, 2.05) is 6.92 Å². The maximum absolute atomic E-state index is 12.3. The zero-order valence-electron chi connectivity index (χ0n) is 11.9. The second-order valence-corrected chi connectivity index (χ2v) is 4.13. The van der Waals surface area contributed by atoms with Crippen LogP contribution in [0.5, 0.6) is 0 Å². The fourth-order valence-electron chi connectivity index (χ4n) is 1.79. The van der Waals surface area contributed by atoms with Gasteiger partial charge in [0.25, 0.3) is 11.6 Å². The zero-order chi connectivity index (χ0) is 15.1. The van der Waals surface area contributed by atoms with Crippen LogP contribution in [0.3, 0.4) is 0 Å². The lowest BCUT2D eigenvalue weighted by Crippen LogP contribution is -2.30. The summed E-state index contributed by atoms with van der Waals surface area (Å²) in [7, 11) is 3.19. The molecule has 0 aromatic heterocycles. The van der Waals surface area contributed by atoms with Crippen molar-refractivity contribution >= 4 is 17.3 Å². The van der Waals surface area contributed by atoms with Crippen molar-refractivity contribution in [3.63, 3.8) is 0 Å². The number of ether oxygens (including phenoxy) is 1. The van der Waals surface area contributed by atoms with Crippen LogP contribution in [0.25, 0.3) is 0 Å². The first-order valence-corrected chi connectivity index (χ1v) is 6.31. The third-order valence-corrected chi connectivity index (χ3v) is 2.84. The Balaban J connectivity index is 2.97. The highest BCUT2D eigenvalue weighted by Crippen LogP contribution is 2.28. The smallest absolute Gasteiger partial charge is 0.293 e. The molecule has 20 heavy (non-hydrogen) atoms. The largest absolute Gasteiger partial charge is 0.382 e. The molecule has 0 unspecified atom stereocenters. The number of nitro groups is 1. The van der Waals surface area contributed by atoms with Crippen molar-refractivity contribution in [3.05, 3.63) is 33.9 Å². The van der Waals surface area contributed by atoms with E-state index in [-0.39, 0.29) is 22.8 Å². The Morgan fingerprint density at radius 1 is 1.50 bits per heavy atom. The monoisotopic (exact) mass is 281 g/mol. The van der Waals surface area contributed by atoms with E-state index >= 15 is 0 Å². The van der Waals surface area contributed by atoms with Gasteiger partial charge in [0, 0.05) is 33.3 Å². The Morgan fingerprint density at radius 2 is 2.20 bits per heavy atom. The fraction of sp³-hybridized carbons (Fsp3) is 0.462. The Morgan fingerprint density at radius 3 is 2.75 bits per heavy atom. The third-order valence-electron chi connectivity index (χ3n) is 2.84. The van der Waals surface area contributed by atoms with E-state index in [2.05, 4.69) is 5.32 Å². The summed E-state index contributed by atoms with van der Waals surface area (Å²) in [6.45, 7) is 3.32. The predicted molar refractivity (Wildman–Crippen MR) is 76.1 cm³/mol. The van der Waals surface area contributed by atoms with Crippen LogP contribution in [0.15, 0.2) is 18.2 Å². The molecule has 0 saturated carbocycles. The molecule has 0 saturated heterocycles. The van der Waals surface area contributed by atoms with Gasteiger partial charge in [-0.05, 0) is 13.0 Å². The van der Waals surface area contributed by atoms with Gasteiger partial charge in [0.2, 0.25) is 0 Å². The molecular formula is C13H19N3O4. The molecule has 1 N–H and O–H groups in total. The molecule has 0 heterocycles. The second-order valence-electron chi connectivity index (χ2n) is 4.13. The molecule has 0 aliphatic rings. The molecule has 0 radical (unpaired) electrons. The summed E-state index contributed by atoms with van der Waals surface area (Å²) < 4.78 is 5.19. The normalized spacial score (nSPS) is 10.2. The highest BCUT2D eigenvalue weighted by Gasteiger charge is 2.22. The van der Waals surface area contributed by atoms with E-state index in [9.17, 15) is 14.9 Å². The van der Waals surface area contributed by atoms with E-state index in [0.29, 0.717) is 19.8 Å². The Labute approximate surface area is 117 Å². The van der Waals surface area contributed by atoms with Crippen molar-refractivity contribution in [2.24, 2.45) is 0 Å². The van der Waals surface area contributed by atoms with Gasteiger partial charge in [0.05, 0.1) is 17.1 Å². The lowest BCUT2D eigenvalue weighted by Gasteiger charge is -2.18. The average molecular weight is 281 g/mol. The van der Waals surface area contributed by atoms with Crippen LogP contribution in [0, 0.1) is 10.1 Å². The molecule has 0 spiro atoms. The highest BCUT2D eigenvalue weighted by atomic mass is 16.6. The fourth-order valence-corrected chi connectivity index (χ4v) is 1.79. The van der Waals surface area contributed by atoms with Crippen molar-refractivity contribution in [3.8, 4) is 0 Å². The van der Waals surface area contributed by atoms with Gasteiger partial charge in [0.15, 0.2) is 0 Å². The van der Waals surface area contributed by atoms with Gasteiger partial charge in [0.1, 0.15) is 5.69 Å². The molecule has 0 aliphatic heterocycles. The molecule has 0 aliphatic carbocycles. The maximum Gasteiger partial charge on any atom is 0.293 e. The SMILES string of the molecule is CCOCCN(C)C(=O)c1cccc([N+](=O)[O-])c1NC. The minimum Gasteiger partial charge on any atom is -0.382 e. The van der Waals surface area contributed by atoms with E-state index < -0.39 is 4.92 Å². The van der Waals surface area contributed by atoms with Crippen molar-refractivity contribution in [1.82, 2.24) is 4.90 Å². The number of anilines is 1. The number of benzene rings is 1. The predicted octanol–water partition coefficient (Wildman–Crippen LogP) is 1.75. The van der Waals surface area contributed by atoms with E-state index in [0.717, 1.165) is 0 Å². The van der Waals surface area contributed by atoms with Gasteiger partial charge >= 0.3 is 0 Å². The number of amides is 1. The van der Waals surface area contributed by atoms with Gasteiger partial charge in [-0.25, -0.2) is 0 Å².